The highest BCUT2D eigenvalue weighted by Gasteiger charge is 2.36. The summed E-state index contributed by atoms with van der Waals surface area (Å²) >= 11 is 1.71. The summed E-state index contributed by atoms with van der Waals surface area (Å²) in [6, 6.07) is 6.55. The predicted molar refractivity (Wildman–Crippen MR) is 81.2 cm³/mol. The number of fused-ring (bicyclic) bond motifs is 2. The summed E-state index contributed by atoms with van der Waals surface area (Å²) in [5.41, 5.74) is 5.20. The fraction of sp³-hybridized carbons (Fsp3) is 0.375. The Morgan fingerprint density at radius 2 is 2.20 bits per heavy atom. The maximum atomic E-state index is 9.57. The van der Waals surface area contributed by atoms with Gasteiger partial charge in [0.2, 0.25) is 0 Å². The number of thiophene rings is 1. The molecule has 0 saturated carbocycles. The third-order valence-electron chi connectivity index (χ3n) is 4.46. The molecule has 3 nitrogen and oxygen atoms in total. The van der Waals surface area contributed by atoms with Crippen LogP contribution in [0, 0.1) is 18.3 Å². The van der Waals surface area contributed by atoms with E-state index >= 15 is 0 Å². The lowest BCUT2D eigenvalue weighted by molar-refractivity contribution is 0.463. The van der Waals surface area contributed by atoms with E-state index in [1.165, 1.54) is 29.1 Å². The molecule has 1 fully saturated rings. The summed E-state index contributed by atoms with van der Waals surface area (Å²) < 4.78 is 0. The Bertz CT molecular complexity index is 704. The molecule has 2 bridgehead atoms. The molecule has 0 spiro atoms. The lowest BCUT2D eigenvalue weighted by atomic mass is 9.83. The van der Waals surface area contributed by atoms with Crippen LogP contribution >= 0.6 is 11.3 Å². The van der Waals surface area contributed by atoms with Gasteiger partial charge in [-0.3, -0.25) is 4.98 Å². The van der Waals surface area contributed by atoms with Gasteiger partial charge in [-0.15, -0.1) is 11.3 Å². The van der Waals surface area contributed by atoms with Crippen molar-refractivity contribution in [1.29, 1.82) is 5.26 Å². The second-order valence-electron chi connectivity index (χ2n) is 5.53. The Labute approximate surface area is 122 Å². The summed E-state index contributed by atoms with van der Waals surface area (Å²) in [4.78, 5) is 8.40. The van der Waals surface area contributed by atoms with Crippen LogP contribution in [0.15, 0.2) is 17.5 Å². The van der Waals surface area contributed by atoms with E-state index in [-0.39, 0.29) is 0 Å². The number of aromatic nitrogens is 1. The van der Waals surface area contributed by atoms with E-state index in [9.17, 15) is 5.26 Å². The minimum atomic E-state index is 0.583. The first kappa shape index (κ1) is 11.9. The molecular weight excluding hydrogens is 266 g/mol. The largest absolute Gasteiger partial charge is 0.369 e. The van der Waals surface area contributed by atoms with Crippen molar-refractivity contribution in [2.24, 2.45) is 0 Å². The topological polar surface area (TPSA) is 39.9 Å². The quantitative estimate of drug-likeness (QED) is 0.800. The van der Waals surface area contributed by atoms with Crippen molar-refractivity contribution in [2.75, 3.05) is 18.0 Å². The first-order chi connectivity index (χ1) is 9.79. The zero-order valence-corrected chi connectivity index (χ0v) is 12.2. The lowest BCUT2D eigenvalue weighted by Gasteiger charge is -2.42. The highest BCUT2D eigenvalue weighted by Crippen LogP contribution is 2.48. The molecule has 0 atom stereocenters. The number of nitrogens with zero attached hydrogens (tertiary/aromatic N) is 3. The van der Waals surface area contributed by atoms with Crippen LogP contribution in [0.3, 0.4) is 0 Å². The van der Waals surface area contributed by atoms with Crippen LogP contribution in [0.1, 0.15) is 35.7 Å². The molecular formula is C16H15N3S. The highest BCUT2D eigenvalue weighted by atomic mass is 32.1. The molecule has 0 N–H and O–H groups in total. The van der Waals surface area contributed by atoms with Gasteiger partial charge in [0.1, 0.15) is 6.07 Å². The van der Waals surface area contributed by atoms with Gasteiger partial charge in [0.05, 0.1) is 22.6 Å². The molecule has 100 valence electrons. The van der Waals surface area contributed by atoms with E-state index in [0.29, 0.717) is 5.92 Å². The summed E-state index contributed by atoms with van der Waals surface area (Å²) in [6.45, 7) is 4.17. The van der Waals surface area contributed by atoms with Crippen molar-refractivity contribution in [3.05, 3.63) is 34.5 Å². The number of pyridine rings is 1. The minimum absolute atomic E-state index is 0.583. The Kier molecular flexibility index (Phi) is 2.58. The van der Waals surface area contributed by atoms with Gasteiger partial charge in [0, 0.05) is 29.4 Å². The minimum Gasteiger partial charge on any atom is -0.369 e. The summed E-state index contributed by atoms with van der Waals surface area (Å²) in [6.07, 6.45) is 2.41. The third kappa shape index (κ3) is 1.53. The average Bonchev–Trinajstić information content (AvgIpc) is 3.00. The van der Waals surface area contributed by atoms with E-state index in [0.717, 1.165) is 29.9 Å². The molecule has 2 aromatic rings. The Morgan fingerprint density at radius 3 is 2.85 bits per heavy atom. The smallest absolute Gasteiger partial charge is 0.102 e. The number of hydrogen-bond donors (Lipinski definition) is 0. The first-order valence-electron chi connectivity index (χ1n) is 7.03. The number of anilines is 1. The molecule has 5 rings (SSSR count). The number of aryl methyl sites for hydroxylation is 1. The van der Waals surface area contributed by atoms with E-state index < -0.39 is 0 Å². The molecule has 4 heteroatoms. The zero-order chi connectivity index (χ0) is 13.7. The van der Waals surface area contributed by atoms with Crippen LogP contribution in [-0.2, 0) is 0 Å². The molecule has 0 radical (unpaired) electrons. The lowest BCUT2D eigenvalue weighted by Crippen LogP contribution is -2.40. The standard InChI is InChI=1S/C16H15N3S/c1-10-12(9-17)14(13-3-2-8-20-13)16-15(18-10)11-4-6-19(16)7-5-11/h2-3,8,11H,4-7H2,1H3. The summed E-state index contributed by atoms with van der Waals surface area (Å²) in [5, 5.41) is 11.6. The second-order valence-corrected chi connectivity index (χ2v) is 6.48. The van der Waals surface area contributed by atoms with Gasteiger partial charge in [-0.2, -0.15) is 5.26 Å². The van der Waals surface area contributed by atoms with Crippen LogP contribution in [0.2, 0.25) is 0 Å². The Morgan fingerprint density at radius 1 is 1.40 bits per heavy atom. The van der Waals surface area contributed by atoms with Crippen LogP contribution in [0.4, 0.5) is 5.69 Å². The normalized spacial score (nSPS) is 17.1. The summed E-state index contributed by atoms with van der Waals surface area (Å²) in [7, 11) is 0. The molecule has 0 amide bonds. The average molecular weight is 281 g/mol. The van der Waals surface area contributed by atoms with Crippen molar-refractivity contribution >= 4 is 17.0 Å². The maximum Gasteiger partial charge on any atom is 0.102 e. The van der Waals surface area contributed by atoms with Gasteiger partial charge in [0.15, 0.2) is 0 Å². The monoisotopic (exact) mass is 281 g/mol. The number of hydrogen-bond acceptors (Lipinski definition) is 4. The molecule has 1 saturated heterocycles. The van der Waals surface area contributed by atoms with E-state index in [1.54, 1.807) is 11.3 Å². The molecule has 0 aliphatic carbocycles. The SMILES string of the molecule is Cc1nc2c(c(-c3cccs3)c1C#N)N1CCC2CC1. The number of piperidine rings is 1. The number of rotatable bonds is 1. The van der Waals surface area contributed by atoms with Gasteiger partial charge < -0.3 is 4.90 Å². The number of nitriles is 1. The molecule has 5 heterocycles. The van der Waals surface area contributed by atoms with Crippen molar-refractivity contribution in [2.45, 2.75) is 25.7 Å². The van der Waals surface area contributed by atoms with Crippen molar-refractivity contribution in [1.82, 2.24) is 4.98 Å². The van der Waals surface area contributed by atoms with Gasteiger partial charge in [-0.05, 0) is 31.2 Å². The molecule has 2 aromatic heterocycles. The van der Waals surface area contributed by atoms with E-state index in [2.05, 4.69) is 28.5 Å². The molecule has 0 aromatic carbocycles. The van der Waals surface area contributed by atoms with Crippen molar-refractivity contribution in [3.63, 3.8) is 0 Å². The van der Waals surface area contributed by atoms with E-state index in [1.807, 2.05) is 6.92 Å². The molecule has 20 heavy (non-hydrogen) atoms. The van der Waals surface area contributed by atoms with Crippen LogP contribution in [-0.4, -0.2) is 18.1 Å². The van der Waals surface area contributed by atoms with Gasteiger partial charge in [0.25, 0.3) is 0 Å². The van der Waals surface area contributed by atoms with Crippen molar-refractivity contribution in [3.8, 4) is 16.5 Å². The maximum absolute atomic E-state index is 9.57. The third-order valence-corrected chi connectivity index (χ3v) is 5.34. The zero-order valence-electron chi connectivity index (χ0n) is 11.4. The van der Waals surface area contributed by atoms with Gasteiger partial charge >= 0.3 is 0 Å². The van der Waals surface area contributed by atoms with E-state index in [4.69, 9.17) is 4.98 Å². The Hall–Kier alpha value is -1.86. The fourth-order valence-electron chi connectivity index (χ4n) is 3.50. The molecule has 3 aliphatic heterocycles. The second kappa shape index (κ2) is 4.32. The summed E-state index contributed by atoms with van der Waals surface area (Å²) in [5.74, 6) is 0.583. The highest BCUT2D eigenvalue weighted by molar-refractivity contribution is 7.13. The fourth-order valence-corrected chi connectivity index (χ4v) is 4.27. The molecule has 0 unspecified atom stereocenters. The first-order valence-corrected chi connectivity index (χ1v) is 7.91. The van der Waals surface area contributed by atoms with Gasteiger partial charge in [-0.1, -0.05) is 6.07 Å². The van der Waals surface area contributed by atoms with Gasteiger partial charge in [-0.25, -0.2) is 0 Å². The Balaban J connectivity index is 2.08. The van der Waals surface area contributed by atoms with Crippen LogP contribution in [0.5, 0.6) is 0 Å². The molecule has 3 aliphatic rings. The van der Waals surface area contributed by atoms with Crippen LogP contribution in [0.25, 0.3) is 10.4 Å². The predicted octanol–water partition coefficient (Wildman–Crippen LogP) is 3.69. The van der Waals surface area contributed by atoms with Crippen molar-refractivity contribution < 1.29 is 0 Å². The van der Waals surface area contributed by atoms with Crippen LogP contribution < -0.4 is 4.90 Å².